The molecule has 3 nitrogen and oxygen atoms in total. The molecule has 0 atom stereocenters. The topological polar surface area (TPSA) is 30.5 Å². The van der Waals surface area contributed by atoms with E-state index in [1.807, 2.05) is 12.1 Å². The molecule has 1 aromatic rings. The van der Waals surface area contributed by atoms with E-state index in [2.05, 4.69) is 30.1 Å². The van der Waals surface area contributed by atoms with E-state index in [1.165, 1.54) is 18.4 Å². The Labute approximate surface area is 122 Å². The van der Waals surface area contributed by atoms with Crippen molar-refractivity contribution in [1.82, 2.24) is 5.32 Å². The summed E-state index contributed by atoms with van der Waals surface area (Å²) >= 11 is 0. The fourth-order valence-corrected chi connectivity index (χ4v) is 2.56. The van der Waals surface area contributed by atoms with Gasteiger partial charge >= 0.3 is 0 Å². The summed E-state index contributed by atoms with van der Waals surface area (Å²) in [6.45, 7) is 6.18. The highest BCUT2D eigenvalue weighted by Crippen LogP contribution is 2.37. The molecular formula is C17H25NO2. The molecule has 0 spiro atoms. The van der Waals surface area contributed by atoms with Gasteiger partial charge in [0.1, 0.15) is 5.75 Å². The van der Waals surface area contributed by atoms with Gasteiger partial charge in [-0.2, -0.15) is 0 Å². The van der Waals surface area contributed by atoms with Crippen LogP contribution in [0.1, 0.15) is 30.7 Å². The van der Waals surface area contributed by atoms with Gasteiger partial charge < -0.3 is 14.8 Å². The van der Waals surface area contributed by atoms with Crippen LogP contribution in [0.25, 0.3) is 0 Å². The summed E-state index contributed by atoms with van der Waals surface area (Å²) in [7, 11) is 1.72. The van der Waals surface area contributed by atoms with Crippen LogP contribution in [0.4, 0.5) is 0 Å². The second kappa shape index (κ2) is 8.08. The Balaban J connectivity index is 1.60. The van der Waals surface area contributed by atoms with Gasteiger partial charge in [-0.25, -0.2) is 0 Å². The highest BCUT2D eigenvalue weighted by atomic mass is 16.5. The van der Waals surface area contributed by atoms with Crippen LogP contribution >= 0.6 is 0 Å². The third-order valence-corrected chi connectivity index (χ3v) is 3.85. The lowest BCUT2D eigenvalue weighted by Crippen LogP contribution is -2.41. The Hall–Kier alpha value is -1.32. The molecule has 0 unspecified atom stereocenters. The Morgan fingerprint density at radius 2 is 2.20 bits per heavy atom. The SMILES string of the molecule is C=CCCOCCNC1CC(c2cccc(OC)c2)C1. The zero-order chi connectivity index (χ0) is 14.2. The van der Waals surface area contributed by atoms with E-state index in [9.17, 15) is 0 Å². The molecule has 0 radical (unpaired) electrons. The minimum Gasteiger partial charge on any atom is -0.497 e. The second-order valence-electron chi connectivity index (χ2n) is 5.29. The van der Waals surface area contributed by atoms with Crippen LogP contribution in [-0.4, -0.2) is 32.9 Å². The molecule has 1 fully saturated rings. The lowest BCUT2D eigenvalue weighted by atomic mass is 9.76. The fraction of sp³-hybridized carbons (Fsp3) is 0.529. The first-order valence-corrected chi connectivity index (χ1v) is 7.39. The van der Waals surface area contributed by atoms with Crippen molar-refractivity contribution in [2.45, 2.75) is 31.2 Å². The fourth-order valence-electron chi connectivity index (χ4n) is 2.56. The summed E-state index contributed by atoms with van der Waals surface area (Å²) in [4.78, 5) is 0. The molecule has 0 aliphatic heterocycles. The summed E-state index contributed by atoms with van der Waals surface area (Å²) in [6.07, 6.45) is 5.24. The first-order valence-electron chi connectivity index (χ1n) is 7.39. The normalized spacial score (nSPS) is 21.2. The third kappa shape index (κ3) is 4.36. The maximum Gasteiger partial charge on any atom is 0.119 e. The molecule has 0 aromatic heterocycles. The first kappa shape index (κ1) is 15.1. The zero-order valence-corrected chi connectivity index (χ0v) is 12.3. The molecule has 1 aliphatic carbocycles. The molecule has 1 aliphatic rings. The Morgan fingerprint density at radius 1 is 1.35 bits per heavy atom. The number of ether oxygens (including phenoxy) is 2. The Kier molecular flexibility index (Phi) is 6.09. The molecule has 0 heterocycles. The van der Waals surface area contributed by atoms with Crippen LogP contribution in [0.3, 0.4) is 0 Å². The van der Waals surface area contributed by atoms with Crippen molar-refractivity contribution in [3.63, 3.8) is 0 Å². The molecule has 1 N–H and O–H groups in total. The molecule has 20 heavy (non-hydrogen) atoms. The Bertz CT molecular complexity index is 413. The van der Waals surface area contributed by atoms with Gasteiger partial charge in [-0.05, 0) is 42.9 Å². The summed E-state index contributed by atoms with van der Waals surface area (Å²) < 4.78 is 10.8. The monoisotopic (exact) mass is 275 g/mol. The van der Waals surface area contributed by atoms with Crippen molar-refractivity contribution in [3.05, 3.63) is 42.5 Å². The summed E-state index contributed by atoms with van der Waals surface area (Å²) in [5, 5.41) is 3.54. The van der Waals surface area contributed by atoms with E-state index >= 15 is 0 Å². The van der Waals surface area contributed by atoms with Crippen LogP contribution in [0.2, 0.25) is 0 Å². The quantitative estimate of drug-likeness (QED) is 0.555. The van der Waals surface area contributed by atoms with E-state index < -0.39 is 0 Å². The van der Waals surface area contributed by atoms with Gasteiger partial charge in [0.15, 0.2) is 0 Å². The van der Waals surface area contributed by atoms with E-state index in [0.29, 0.717) is 12.0 Å². The van der Waals surface area contributed by atoms with Gasteiger partial charge in [0.25, 0.3) is 0 Å². The van der Waals surface area contributed by atoms with Crippen LogP contribution in [-0.2, 0) is 4.74 Å². The number of nitrogens with one attached hydrogen (secondary N) is 1. The van der Waals surface area contributed by atoms with Gasteiger partial charge in [0.2, 0.25) is 0 Å². The second-order valence-corrected chi connectivity index (χ2v) is 5.29. The van der Waals surface area contributed by atoms with E-state index in [4.69, 9.17) is 9.47 Å². The molecule has 2 rings (SSSR count). The van der Waals surface area contributed by atoms with Crippen molar-refractivity contribution >= 4 is 0 Å². The lowest BCUT2D eigenvalue weighted by molar-refractivity contribution is 0.133. The predicted octanol–water partition coefficient (Wildman–Crippen LogP) is 3.12. The molecular weight excluding hydrogens is 250 g/mol. The number of hydrogen-bond acceptors (Lipinski definition) is 3. The highest BCUT2D eigenvalue weighted by Gasteiger charge is 2.29. The smallest absolute Gasteiger partial charge is 0.119 e. The first-order chi connectivity index (χ1) is 9.83. The van der Waals surface area contributed by atoms with E-state index in [0.717, 1.165) is 31.9 Å². The third-order valence-electron chi connectivity index (χ3n) is 3.85. The van der Waals surface area contributed by atoms with Crippen molar-refractivity contribution in [1.29, 1.82) is 0 Å². The molecule has 1 saturated carbocycles. The standard InChI is InChI=1S/C17H25NO2/c1-3-4-9-20-10-8-18-16-11-15(12-16)14-6-5-7-17(13-14)19-2/h3,5-7,13,15-16,18H,1,4,8-12H2,2H3. The molecule has 110 valence electrons. The molecule has 3 heteroatoms. The molecule has 0 saturated heterocycles. The zero-order valence-electron chi connectivity index (χ0n) is 12.3. The minimum absolute atomic E-state index is 0.634. The van der Waals surface area contributed by atoms with Crippen molar-refractivity contribution in [3.8, 4) is 5.75 Å². The van der Waals surface area contributed by atoms with Gasteiger partial charge in [-0.1, -0.05) is 18.2 Å². The highest BCUT2D eigenvalue weighted by molar-refractivity contribution is 5.32. The molecule has 1 aromatic carbocycles. The molecule has 0 bridgehead atoms. The maximum absolute atomic E-state index is 5.48. The summed E-state index contributed by atoms with van der Waals surface area (Å²) in [5.41, 5.74) is 1.39. The van der Waals surface area contributed by atoms with Gasteiger partial charge in [-0.15, -0.1) is 6.58 Å². The number of methoxy groups -OCH3 is 1. The molecule has 0 amide bonds. The van der Waals surface area contributed by atoms with Gasteiger partial charge in [0, 0.05) is 12.6 Å². The summed E-state index contributed by atoms with van der Waals surface area (Å²) in [6, 6.07) is 9.05. The predicted molar refractivity (Wildman–Crippen MR) is 82.4 cm³/mol. The number of benzene rings is 1. The largest absolute Gasteiger partial charge is 0.497 e. The number of hydrogen-bond donors (Lipinski definition) is 1. The average molecular weight is 275 g/mol. The van der Waals surface area contributed by atoms with Gasteiger partial charge in [0.05, 0.1) is 20.3 Å². The van der Waals surface area contributed by atoms with Gasteiger partial charge in [-0.3, -0.25) is 0 Å². The van der Waals surface area contributed by atoms with Crippen LogP contribution in [0.15, 0.2) is 36.9 Å². The van der Waals surface area contributed by atoms with Crippen molar-refractivity contribution in [2.24, 2.45) is 0 Å². The van der Waals surface area contributed by atoms with Crippen molar-refractivity contribution in [2.75, 3.05) is 26.9 Å². The number of rotatable bonds is 9. The Morgan fingerprint density at radius 3 is 2.95 bits per heavy atom. The average Bonchev–Trinajstić information content (AvgIpc) is 2.44. The van der Waals surface area contributed by atoms with Crippen LogP contribution < -0.4 is 10.1 Å². The lowest BCUT2D eigenvalue weighted by Gasteiger charge is -2.36. The minimum atomic E-state index is 0.634. The van der Waals surface area contributed by atoms with E-state index in [-0.39, 0.29) is 0 Å². The van der Waals surface area contributed by atoms with E-state index in [1.54, 1.807) is 7.11 Å². The maximum atomic E-state index is 5.48. The van der Waals surface area contributed by atoms with Crippen LogP contribution in [0.5, 0.6) is 5.75 Å². The summed E-state index contributed by atoms with van der Waals surface area (Å²) in [5.74, 6) is 1.62. The van der Waals surface area contributed by atoms with Crippen molar-refractivity contribution < 1.29 is 9.47 Å². The van der Waals surface area contributed by atoms with Crippen LogP contribution in [0, 0.1) is 0 Å².